The lowest BCUT2D eigenvalue weighted by Gasteiger charge is -2.31. The molecular formula is C26H15BrClF9N2O6. The van der Waals surface area contributed by atoms with Crippen LogP contribution in [0.5, 0.6) is 11.5 Å². The molecule has 0 aliphatic carbocycles. The molecule has 0 aliphatic rings. The molecular weight excluding hydrogens is 723 g/mol. The number of para-hydroxylation sites is 1. The van der Waals surface area contributed by atoms with Crippen LogP contribution in [-0.2, 0) is 12.1 Å². The maximum Gasteiger partial charge on any atom is 0.435 e. The molecule has 45 heavy (non-hydrogen) atoms. The van der Waals surface area contributed by atoms with Crippen molar-refractivity contribution in [3.63, 3.8) is 0 Å². The number of carbonyl (C=O) groups is 2. The maximum atomic E-state index is 14.7. The summed E-state index contributed by atoms with van der Waals surface area (Å²) in [7, 11) is 1.06. The third-order valence-corrected chi connectivity index (χ3v) is 7.08. The highest BCUT2D eigenvalue weighted by atomic mass is 79.9. The van der Waals surface area contributed by atoms with Gasteiger partial charge < -0.3 is 14.8 Å². The van der Waals surface area contributed by atoms with Gasteiger partial charge in [-0.2, -0.15) is 35.1 Å². The zero-order chi connectivity index (χ0) is 34.1. The molecule has 19 heteroatoms. The highest BCUT2D eigenvalue weighted by Gasteiger charge is 2.73. The summed E-state index contributed by atoms with van der Waals surface area (Å²) in [6.07, 6.45) is -14.1. The second-order valence-corrected chi connectivity index (χ2v) is 10.1. The molecule has 1 amide bonds. The van der Waals surface area contributed by atoms with Crippen LogP contribution in [0.15, 0.2) is 53.0 Å². The number of rotatable bonds is 10. The molecule has 0 aromatic heterocycles. The largest absolute Gasteiger partial charge is 0.494 e. The Bertz CT molecular complexity index is 1640. The number of benzene rings is 3. The van der Waals surface area contributed by atoms with E-state index in [0.717, 1.165) is 31.4 Å². The van der Waals surface area contributed by atoms with E-state index in [9.17, 15) is 59.2 Å². The van der Waals surface area contributed by atoms with Gasteiger partial charge in [0.15, 0.2) is 11.5 Å². The first-order valence-corrected chi connectivity index (χ1v) is 13.0. The van der Waals surface area contributed by atoms with Crippen LogP contribution >= 0.6 is 27.5 Å². The number of ether oxygens (including phenoxy) is 2. The minimum atomic E-state index is -6.57. The number of hydrogen-bond donors (Lipinski definition) is 1. The molecule has 0 spiro atoms. The molecule has 0 saturated carbocycles. The summed E-state index contributed by atoms with van der Waals surface area (Å²) < 4.78 is 129. The fraction of sp³-hybridized carbons (Fsp3) is 0.231. The Morgan fingerprint density at radius 3 is 2.13 bits per heavy atom. The summed E-state index contributed by atoms with van der Waals surface area (Å²) in [6.45, 7) is -3.81. The van der Waals surface area contributed by atoms with E-state index in [1.54, 1.807) is 0 Å². The van der Waals surface area contributed by atoms with Crippen LogP contribution in [-0.4, -0.2) is 42.7 Å². The highest BCUT2D eigenvalue weighted by Crippen LogP contribution is 2.54. The molecule has 0 fully saturated rings. The third-order valence-electron chi connectivity index (χ3n) is 6.06. The maximum absolute atomic E-state index is 14.7. The van der Waals surface area contributed by atoms with Crippen molar-refractivity contribution in [2.45, 2.75) is 31.1 Å². The normalized spacial score (nSPS) is 12.2. The number of amides is 1. The predicted octanol–water partition coefficient (Wildman–Crippen LogP) is 8.59. The molecule has 0 radical (unpaired) electrons. The van der Waals surface area contributed by atoms with Crippen LogP contribution in [0.2, 0.25) is 5.02 Å². The fourth-order valence-electron chi connectivity index (χ4n) is 3.99. The molecule has 0 atom stereocenters. The van der Waals surface area contributed by atoms with E-state index in [-0.39, 0.29) is 39.7 Å². The van der Waals surface area contributed by atoms with Crippen LogP contribution in [0, 0.1) is 10.1 Å². The topological polar surface area (TPSA) is 108 Å². The molecule has 0 unspecified atom stereocenters. The van der Waals surface area contributed by atoms with Gasteiger partial charge in [-0.05, 0) is 30.3 Å². The average molecular weight is 738 g/mol. The lowest BCUT2D eigenvalue weighted by Crippen LogP contribution is -2.50. The Morgan fingerprint density at radius 1 is 1.00 bits per heavy atom. The van der Waals surface area contributed by atoms with Gasteiger partial charge in [0, 0.05) is 34.2 Å². The number of methoxy groups -OCH3 is 1. The zero-order valence-electron chi connectivity index (χ0n) is 22.0. The van der Waals surface area contributed by atoms with Gasteiger partial charge in [0.2, 0.25) is 0 Å². The third kappa shape index (κ3) is 7.27. The quantitative estimate of drug-likeness (QED) is 0.0967. The minimum Gasteiger partial charge on any atom is -0.494 e. The van der Waals surface area contributed by atoms with Crippen molar-refractivity contribution in [3.8, 4) is 11.5 Å². The van der Waals surface area contributed by atoms with E-state index in [4.69, 9.17) is 16.3 Å². The summed E-state index contributed by atoms with van der Waals surface area (Å²) >= 11 is 8.59. The Hall–Kier alpha value is -4.06. The van der Waals surface area contributed by atoms with Crippen LogP contribution in [0.4, 0.5) is 50.9 Å². The van der Waals surface area contributed by atoms with E-state index in [1.165, 1.54) is 12.1 Å². The predicted molar refractivity (Wildman–Crippen MR) is 143 cm³/mol. The molecule has 0 saturated heterocycles. The first kappa shape index (κ1) is 35.4. The molecule has 242 valence electrons. The molecule has 3 aromatic carbocycles. The Morgan fingerprint density at radius 2 is 1.62 bits per heavy atom. The van der Waals surface area contributed by atoms with Gasteiger partial charge in [0.1, 0.15) is 5.75 Å². The highest BCUT2D eigenvalue weighted by molar-refractivity contribution is 9.10. The number of anilines is 1. The van der Waals surface area contributed by atoms with Crippen LogP contribution in [0.1, 0.15) is 31.8 Å². The lowest BCUT2D eigenvalue weighted by molar-refractivity contribution is -0.384. The van der Waals surface area contributed by atoms with Gasteiger partial charge >= 0.3 is 24.6 Å². The van der Waals surface area contributed by atoms with Crippen molar-refractivity contribution >= 4 is 50.6 Å². The summed E-state index contributed by atoms with van der Waals surface area (Å²) in [6, 6.07) is 6.35. The van der Waals surface area contributed by atoms with Crippen LogP contribution in [0.25, 0.3) is 0 Å². The Labute approximate surface area is 259 Å². The van der Waals surface area contributed by atoms with Gasteiger partial charge in [-0.3, -0.25) is 19.7 Å². The van der Waals surface area contributed by atoms with E-state index in [1.807, 2.05) is 0 Å². The van der Waals surface area contributed by atoms with Crippen LogP contribution in [0.3, 0.4) is 0 Å². The number of carbonyl (C=O) groups excluding carboxylic acids is 2. The van der Waals surface area contributed by atoms with Gasteiger partial charge in [0.05, 0.1) is 33.9 Å². The number of nitro groups is 1. The second kappa shape index (κ2) is 13.1. The van der Waals surface area contributed by atoms with Gasteiger partial charge in [-0.1, -0.05) is 33.6 Å². The smallest absolute Gasteiger partial charge is 0.435 e. The SMILES string of the molecule is COc1c(NC(=O)c2ccc([N+](=O)[O-])cc2Cl)cccc1C(=O)Cc1c(Br)cc(C(F)(C(F)(F)F)C(F)(F)F)cc1OC(F)F. The monoisotopic (exact) mass is 736 g/mol. The number of non-ortho nitro benzene ring substituents is 1. The average Bonchev–Trinajstić information content (AvgIpc) is 2.92. The molecule has 0 heterocycles. The number of hydrogen-bond acceptors (Lipinski definition) is 6. The van der Waals surface area contributed by atoms with Crippen molar-refractivity contribution in [3.05, 3.63) is 90.4 Å². The van der Waals surface area contributed by atoms with E-state index < -0.39 is 74.7 Å². The Kier molecular flexibility index (Phi) is 10.3. The molecule has 1 N–H and O–H groups in total. The molecule has 8 nitrogen and oxygen atoms in total. The summed E-state index contributed by atoms with van der Waals surface area (Å²) in [5.41, 5.74) is -9.97. The van der Waals surface area contributed by atoms with Crippen molar-refractivity contribution < 1.29 is 63.5 Å². The molecule has 0 aliphatic heterocycles. The number of nitrogens with one attached hydrogen (secondary N) is 1. The van der Waals surface area contributed by atoms with Crippen molar-refractivity contribution in [1.82, 2.24) is 0 Å². The fourth-order valence-corrected chi connectivity index (χ4v) is 4.84. The number of nitro benzene ring substituents is 1. The lowest BCUT2D eigenvalue weighted by atomic mass is 9.91. The van der Waals surface area contributed by atoms with Crippen molar-refractivity contribution in [2.24, 2.45) is 0 Å². The number of halogens is 11. The summed E-state index contributed by atoms with van der Waals surface area (Å²) in [4.78, 5) is 36.2. The van der Waals surface area contributed by atoms with Crippen molar-refractivity contribution in [2.75, 3.05) is 12.4 Å². The van der Waals surface area contributed by atoms with Gasteiger partial charge in [0.25, 0.3) is 11.6 Å². The number of alkyl halides is 9. The van der Waals surface area contributed by atoms with E-state index in [2.05, 4.69) is 26.0 Å². The number of nitrogens with zero attached hydrogens (tertiary/aromatic N) is 1. The zero-order valence-corrected chi connectivity index (χ0v) is 24.3. The van der Waals surface area contributed by atoms with E-state index >= 15 is 0 Å². The summed E-state index contributed by atoms with van der Waals surface area (Å²) in [5.74, 6) is -3.63. The van der Waals surface area contributed by atoms with Crippen LogP contribution < -0.4 is 14.8 Å². The van der Waals surface area contributed by atoms with Gasteiger partial charge in [-0.25, -0.2) is 4.39 Å². The second-order valence-electron chi connectivity index (χ2n) is 8.83. The van der Waals surface area contributed by atoms with E-state index in [0.29, 0.717) is 0 Å². The van der Waals surface area contributed by atoms with Crippen molar-refractivity contribution in [1.29, 1.82) is 0 Å². The molecule has 3 rings (SSSR count). The summed E-state index contributed by atoms with van der Waals surface area (Å²) in [5, 5.41) is 13.0. The first-order valence-electron chi connectivity index (χ1n) is 11.8. The minimum absolute atomic E-state index is 0.0315. The Balaban J connectivity index is 2.04. The molecule has 3 aromatic rings. The number of Topliss-reactive ketones (excluding diaryl/α,β-unsaturated/α-hetero) is 1. The van der Waals surface area contributed by atoms with Gasteiger partial charge in [-0.15, -0.1) is 0 Å². The first-order chi connectivity index (χ1) is 20.7. The molecule has 0 bridgehead atoms. The number of ketones is 1. The standard InChI is InChI=1S/C26H15BrClF9N2O6/c1-44-21-14(3-2-4-18(21)38-22(41)13-6-5-12(39(42)43)9-17(13)28)19(40)10-15-16(27)7-11(8-20(15)45-23(29)30)24(31,25(32,33)34)26(35,36)37/h2-9,23H,10H2,1H3,(H,38,41).